The van der Waals surface area contributed by atoms with Crippen LogP contribution in [0, 0.1) is 0 Å². The standard InChI is InChI=1S/C18H21N3O3S/c1-3-25(23,24)21-13(2)9-16-10-15(6-7-17(16)21)18(22)20-12-14-5-4-8-19-11-14/h4-8,10-11,13H,3,9,12H2,1-2H3,(H,20,22)/t13-/m1/s1. The van der Waals surface area contributed by atoms with Crippen molar-refractivity contribution >= 4 is 21.6 Å². The van der Waals surface area contributed by atoms with E-state index in [-0.39, 0.29) is 17.7 Å². The Kier molecular flexibility index (Phi) is 4.76. The van der Waals surface area contributed by atoms with E-state index in [1.54, 1.807) is 37.5 Å². The van der Waals surface area contributed by atoms with Crippen molar-refractivity contribution in [3.8, 4) is 0 Å². The summed E-state index contributed by atoms with van der Waals surface area (Å²) in [6, 6.07) is 8.77. The molecular formula is C18H21N3O3S. The second-order valence-corrected chi connectivity index (χ2v) is 8.27. The number of pyridine rings is 1. The number of hydrogen-bond acceptors (Lipinski definition) is 4. The van der Waals surface area contributed by atoms with Crippen LogP contribution in [-0.4, -0.2) is 31.1 Å². The molecule has 0 unspecified atom stereocenters. The zero-order valence-corrected chi connectivity index (χ0v) is 15.1. The lowest BCUT2D eigenvalue weighted by Gasteiger charge is -2.23. The van der Waals surface area contributed by atoms with Gasteiger partial charge in [-0.25, -0.2) is 8.42 Å². The molecule has 0 bridgehead atoms. The fourth-order valence-corrected chi connectivity index (χ4v) is 4.47. The van der Waals surface area contributed by atoms with Gasteiger partial charge in [-0.2, -0.15) is 0 Å². The van der Waals surface area contributed by atoms with Gasteiger partial charge in [-0.05, 0) is 55.7 Å². The number of carbonyl (C=O) groups is 1. The summed E-state index contributed by atoms with van der Waals surface area (Å²) in [7, 11) is -3.31. The van der Waals surface area contributed by atoms with Crippen molar-refractivity contribution in [2.45, 2.75) is 32.9 Å². The summed E-state index contributed by atoms with van der Waals surface area (Å²) in [5.41, 5.74) is 3.02. The van der Waals surface area contributed by atoms with Gasteiger partial charge in [-0.1, -0.05) is 6.07 Å². The molecule has 1 aromatic heterocycles. The predicted octanol–water partition coefficient (Wildman–Crippen LogP) is 2.11. The Morgan fingerprint density at radius 2 is 2.16 bits per heavy atom. The number of aromatic nitrogens is 1. The number of sulfonamides is 1. The Balaban J connectivity index is 1.78. The maximum atomic E-state index is 12.4. The minimum atomic E-state index is -3.31. The number of benzene rings is 1. The Hall–Kier alpha value is -2.41. The van der Waals surface area contributed by atoms with Gasteiger partial charge in [0.25, 0.3) is 5.91 Å². The third kappa shape index (κ3) is 3.51. The molecular weight excluding hydrogens is 338 g/mol. The van der Waals surface area contributed by atoms with Gasteiger partial charge in [0.15, 0.2) is 0 Å². The van der Waals surface area contributed by atoms with Crippen LogP contribution in [-0.2, 0) is 23.0 Å². The van der Waals surface area contributed by atoms with E-state index in [4.69, 9.17) is 0 Å². The van der Waals surface area contributed by atoms with E-state index in [1.165, 1.54) is 4.31 Å². The predicted molar refractivity (Wildman–Crippen MR) is 97.0 cm³/mol. The van der Waals surface area contributed by atoms with Gasteiger partial charge in [-0.3, -0.25) is 14.1 Å². The normalized spacial score (nSPS) is 16.6. The van der Waals surface area contributed by atoms with Gasteiger partial charge in [0, 0.05) is 30.5 Å². The van der Waals surface area contributed by atoms with Gasteiger partial charge >= 0.3 is 0 Å². The van der Waals surface area contributed by atoms with Crippen LogP contribution in [0.2, 0.25) is 0 Å². The monoisotopic (exact) mass is 359 g/mol. The minimum Gasteiger partial charge on any atom is -0.348 e. The lowest BCUT2D eigenvalue weighted by atomic mass is 10.1. The Morgan fingerprint density at radius 1 is 1.36 bits per heavy atom. The van der Waals surface area contributed by atoms with E-state index in [0.717, 1.165) is 11.1 Å². The summed E-state index contributed by atoms with van der Waals surface area (Å²) in [5, 5.41) is 2.86. The maximum Gasteiger partial charge on any atom is 0.251 e. The number of nitrogens with one attached hydrogen (secondary N) is 1. The van der Waals surface area contributed by atoms with Crippen LogP contribution in [0.5, 0.6) is 0 Å². The van der Waals surface area contributed by atoms with Crippen LogP contribution in [0.15, 0.2) is 42.7 Å². The molecule has 7 heteroatoms. The summed E-state index contributed by atoms with van der Waals surface area (Å²) >= 11 is 0. The first kappa shape index (κ1) is 17.4. The molecule has 2 heterocycles. The summed E-state index contributed by atoms with van der Waals surface area (Å²) in [6.07, 6.45) is 4.00. The first-order chi connectivity index (χ1) is 11.9. The molecule has 0 saturated carbocycles. The van der Waals surface area contributed by atoms with Crippen molar-refractivity contribution in [1.82, 2.24) is 10.3 Å². The van der Waals surface area contributed by atoms with Crippen LogP contribution >= 0.6 is 0 Å². The van der Waals surface area contributed by atoms with E-state index in [0.29, 0.717) is 24.2 Å². The lowest BCUT2D eigenvalue weighted by molar-refractivity contribution is 0.0951. The molecule has 1 atom stereocenters. The third-order valence-corrected chi connectivity index (χ3v) is 6.22. The fraction of sp³-hybridized carbons (Fsp3) is 0.333. The third-order valence-electron chi connectivity index (χ3n) is 4.34. The van der Waals surface area contributed by atoms with Crippen molar-refractivity contribution in [1.29, 1.82) is 0 Å². The molecule has 25 heavy (non-hydrogen) atoms. The van der Waals surface area contributed by atoms with E-state index in [2.05, 4.69) is 10.3 Å². The second kappa shape index (κ2) is 6.84. The fourth-order valence-electron chi connectivity index (χ4n) is 3.09. The molecule has 6 nitrogen and oxygen atoms in total. The lowest BCUT2D eigenvalue weighted by Crippen LogP contribution is -2.36. The molecule has 0 saturated heterocycles. The number of nitrogens with zero attached hydrogens (tertiary/aromatic N) is 2. The average molecular weight is 359 g/mol. The molecule has 0 spiro atoms. The smallest absolute Gasteiger partial charge is 0.251 e. The zero-order chi connectivity index (χ0) is 18.0. The second-order valence-electron chi connectivity index (χ2n) is 6.14. The number of carbonyl (C=O) groups excluding carboxylic acids is 1. The Morgan fingerprint density at radius 3 is 2.84 bits per heavy atom. The molecule has 1 amide bonds. The number of rotatable bonds is 5. The SMILES string of the molecule is CCS(=O)(=O)N1c2ccc(C(=O)NCc3cccnc3)cc2C[C@H]1C. The highest BCUT2D eigenvalue weighted by Gasteiger charge is 2.34. The van der Waals surface area contributed by atoms with Crippen LogP contribution < -0.4 is 9.62 Å². The Labute approximate surface area is 147 Å². The van der Waals surface area contributed by atoms with Crippen molar-refractivity contribution in [2.75, 3.05) is 10.1 Å². The van der Waals surface area contributed by atoms with Gasteiger partial charge in [0.2, 0.25) is 10.0 Å². The van der Waals surface area contributed by atoms with Crippen molar-refractivity contribution < 1.29 is 13.2 Å². The number of hydrogen-bond donors (Lipinski definition) is 1. The zero-order valence-electron chi connectivity index (χ0n) is 14.3. The molecule has 0 aliphatic carbocycles. The highest BCUT2D eigenvalue weighted by Crippen LogP contribution is 2.35. The number of fused-ring (bicyclic) bond motifs is 1. The molecule has 2 aromatic rings. The number of anilines is 1. The average Bonchev–Trinajstić information content (AvgIpc) is 2.96. The molecule has 0 fully saturated rings. The summed E-state index contributed by atoms with van der Waals surface area (Å²) in [5.74, 6) is -0.125. The highest BCUT2D eigenvalue weighted by atomic mass is 32.2. The van der Waals surface area contributed by atoms with Crippen LogP contribution in [0.25, 0.3) is 0 Å². The van der Waals surface area contributed by atoms with Crippen LogP contribution in [0.3, 0.4) is 0 Å². The van der Waals surface area contributed by atoms with E-state index in [9.17, 15) is 13.2 Å². The maximum absolute atomic E-state index is 12.4. The summed E-state index contributed by atoms with van der Waals surface area (Å²) in [4.78, 5) is 16.4. The van der Waals surface area contributed by atoms with Crippen molar-refractivity contribution in [2.24, 2.45) is 0 Å². The minimum absolute atomic E-state index is 0.0597. The highest BCUT2D eigenvalue weighted by molar-refractivity contribution is 7.92. The largest absolute Gasteiger partial charge is 0.348 e. The molecule has 3 rings (SSSR count). The van der Waals surface area contributed by atoms with Crippen molar-refractivity contribution in [3.05, 3.63) is 59.4 Å². The van der Waals surface area contributed by atoms with E-state index >= 15 is 0 Å². The first-order valence-corrected chi connectivity index (χ1v) is 9.85. The van der Waals surface area contributed by atoms with Gasteiger partial charge < -0.3 is 5.32 Å². The summed E-state index contributed by atoms with van der Waals surface area (Å²) in [6.45, 7) is 3.92. The van der Waals surface area contributed by atoms with Gasteiger partial charge in [0.1, 0.15) is 0 Å². The Bertz CT molecular complexity index is 882. The summed E-state index contributed by atoms with van der Waals surface area (Å²) < 4.78 is 26.1. The quantitative estimate of drug-likeness (QED) is 0.887. The molecule has 0 radical (unpaired) electrons. The molecule has 1 aliphatic rings. The van der Waals surface area contributed by atoms with E-state index < -0.39 is 10.0 Å². The van der Waals surface area contributed by atoms with Crippen LogP contribution in [0.1, 0.15) is 35.3 Å². The van der Waals surface area contributed by atoms with Gasteiger partial charge in [0.05, 0.1) is 11.4 Å². The van der Waals surface area contributed by atoms with E-state index in [1.807, 2.05) is 19.1 Å². The van der Waals surface area contributed by atoms with Crippen molar-refractivity contribution in [3.63, 3.8) is 0 Å². The number of amides is 1. The molecule has 1 N–H and O–H groups in total. The topological polar surface area (TPSA) is 79.4 Å². The molecule has 1 aromatic carbocycles. The van der Waals surface area contributed by atoms with Gasteiger partial charge in [-0.15, -0.1) is 0 Å². The first-order valence-electron chi connectivity index (χ1n) is 8.24. The molecule has 132 valence electrons. The van der Waals surface area contributed by atoms with Crippen LogP contribution in [0.4, 0.5) is 5.69 Å². The molecule has 1 aliphatic heterocycles.